The van der Waals surface area contributed by atoms with Gasteiger partial charge in [0.1, 0.15) is 11.6 Å². The molecule has 0 spiro atoms. The van der Waals surface area contributed by atoms with Crippen molar-refractivity contribution < 1.29 is 4.92 Å². The summed E-state index contributed by atoms with van der Waals surface area (Å²) in [5.41, 5.74) is 0.866. The Labute approximate surface area is 110 Å². The molecule has 2 fully saturated rings. The molecule has 0 amide bonds. The number of benzene rings is 1. The van der Waals surface area contributed by atoms with Crippen LogP contribution in [0.15, 0.2) is 18.2 Å². The van der Waals surface area contributed by atoms with Crippen molar-refractivity contribution in [1.29, 1.82) is 5.26 Å². The molecule has 0 radical (unpaired) electrons. The largest absolute Gasteiger partial charge is 0.371 e. The summed E-state index contributed by atoms with van der Waals surface area (Å²) in [7, 11) is 0. The van der Waals surface area contributed by atoms with Gasteiger partial charge in [-0.05, 0) is 24.0 Å². The van der Waals surface area contributed by atoms with Crippen LogP contribution >= 0.6 is 0 Å². The zero-order valence-corrected chi connectivity index (χ0v) is 10.4. The van der Waals surface area contributed by atoms with Gasteiger partial charge in [0.2, 0.25) is 0 Å². The van der Waals surface area contributed by atoms with Crippen LogP contribution in [0.4, 0.5) is 11.4 Å². The van der Waals surface area contributed by atoms with Crippen molar-refractivity contribution in [2.75, 3.05) is 31.1 Å². The normalized spacial score (nSPS) is 25.1. The molecule has 2 heterocycles. The van der Waals surface area contributed by atoms with E-state index in [4.69, 9.17) is 5.26 Å². The molecule has 0 aliphatic carbocycles. The molecule has 1 aromatic rings. The number of hydrogen-bond acceptors (Lipinski definition) is 5. The first kappa shape index (κ1) is 11.9. The number of anilines is 1. The van der Waals surface area contributed by atoms with E-state index in [0.29, 0.717) is 11.8 Å². The van der Waals surface area contributed by atoms with Crippen molar-refractivity contribution in [2.24, 2.45) is 11.8 Å². The highest BCUT2D eigenvalue weighted by Crippen LogP contribution is 2.32. The molecule has 2 unspecified atom stereocenters. The van der Waals surface area contributed by atoms with Crippen LogP contribution in [0, 0.1) is 33.3 Å². The summed E-state index contributed by atoms with van der Waals surface area (Å²) >= 11 is 0. The van der Waals surface area contributed by atoms with Gasteiger partial charge in [-0.2, -0.15) is 5.26 Å². The zero-order valence-electron chi connectivity index (χ0n) is 10.4. The molecule has 6 nitrogen and oxygen atoms in total. The maximum atomic E-state index is 11.0. The number of fused-ring (bicyclic) bond motifs is 1. The third-order valence-corrected chi connectivity index (χ3v) is 4.05. The summed E-state index contributed by atoms with van der Waals surface area (Å²) in [6.45, 7) is 3.92. The van der Waals surface area contributed by atoms with Crippen LogP contribution < -0.4 is 10.2 Å². The van der Waals surface area contributed by atoms with E-state index in [-0.39, 0.29) is 11.3 Å². The number of nitriles is 1. The standard InChI is InChI=1S/C13H14N4O2/c14-4-9-1-2-12(3-13(9)17(18)19)16-7-10-5-15-6-11(10)8-16/h1-3,10-11,15H,5-8H2. The minimum atomic E-state index is -0.486. The fourth-order valence-electron chi connectivity index (χ4n) is 3.03. The Morgan fingerprint density at radius 3 is 2.63 bits per heavy atom. The molecular formula is C13H14N4O2. The molecule has 2 aliphatic rings. The predicted molar refractivity (Wildman–Crippen MR) is 69.9 cm³/mol. The number of rotatable bonds is 2. The highest BCUT2D eigenvalue weighted by atomic mass is 16.6. The van der Waals surface area contributed by atoms with Crippen LogP contribution in [-0.4, -0.2) is 31.1 Å². The zero-order chi connectivity index (χ0) is 13.4. The lowest BCUT2D eigenvalue weighted by atomic mass is 10.0. The van der Waals surface area contributed by atoms with E-state index in [1.54, 1.807) is 12.1 Å². The third-order valence-electron chi connectivity index (χ3n) is 4.05. The van der Waals surface area contributed by atoms with Gasteiger partial charge in [0, 0.05) is 37.9 Å². The maximum absolute atomic E-state index is 11.0. The summed E-state index contributed by atoms with van der Waals surface area (Å²) in [4.78, 5) is 12.7. The molecule has 2 aliphatic heterocycles. The molecular weight excluding hydrogens is 244 g/mol. The summed E-state index contributed by atoms with van der Waals surface area (Å²) in [6, 6.07) is 6.73. The average Bonchev–Trinajstić information content (AvgIpc) is 2.98. The predicted octanol–water partition coefficient (Wildman–Crippen LogP) is 1.12. The molecule has 6 heteroatoms. The molecule has 0 aromatic heterocycles. The summed E-state index contributed by atoms with van der Waals surface area (Å²) in [5.74, 6) is 1.27. The Morgan fingerprint density at radius 1 is 1.37 bits per heavy atom. The summed E-state index contributed by atoms with van der Waals surface area (Å²) < 4.78 is 0. The summed E-state index contributed by atoms with van der Waals surface area (Å²) in [6.07, 6.45) is 0. The lowest BCUT2D eigenvalue weighted by Gasteiger charge is -2.19. The van der Waals surface area contributed by atoms with Crippen molar-refractivity contribution in [3.8, 4) is 6.07 Å². The molecule has 1 aromatic carbocycles. The van der Waals surface area contributed by atoms with Gasteiger partial charge in [0.15, 0.2) is 0 Å². The number of hydrogen-bond donors (Lipinski definition) is 1. The van der Waals surface area contributed by atoms with E-state index in [9.17, 15) is 10.1 Å². The smallest absolute Gasteiger partial charge is 0.289 e. The first-order valence-corrected chi connectivity index (χ1v) is 6.33. The van der Waals surface area contributed by atoms with Crippen LogP contribution in [-0.2, 0) is 0 Å². The van der Waals surface area contributed by atoms with Gasteiger partial charge in [0.05, 0.1) is 4.92 Å². The monoisotopic (exact) mass is 258 g/mol. The van der Waals surface area contributed by atoms with Gasteiger partial charge >= 0.3 is 0 Å². The molecule has 2 atom stereocenters. The van der Waals surface area contributed by atoms with E-state index < -0.39 is 4.92 Å². The highest BCUT2D eigenvalue weighted by molar-refractivity contribution is 5.60. The van der Waals surface area contributed by atoms with Gasteiger partial charge in [0.25, 0.3) is 5.69 Å². The van der Waals surface area contributed by atoms with E-state index in [2.05, 4.69) is 10.2 Å². The van der Waals surface area contributed by atoms with Gasteiger partial charge < -0.3 is 10.2 Å². The fourth-order valence-corrected chi connectivity index (χ4v) is 3.03. The van der Waals surface area contributed by atoms with Crippen LogP contribution in [0.2, 0.25) is 0 Å². The van der Waals surface area contributed by atoms with E-state index in [1.807, 2.05) is 6.07 Å². The average molecular weight is 258 g/mol. The van der Waals surface area contributed by atoms with E-state index >= 15 is 0 Å². The van der Waals surface area contributed by atoms with Crippen molar-refractivity contribution in [2.45, 2.75) is 0 Å². The SMILES string of the molecule is N#Cc1ccc(N2CC3CNCC3C2)cc1[N+](=O)[O-]. The quantitative estimate of drug-likeness (QED) is 0.635. The van der Waals surface area contributed by atoms with Crippen molar-refractivity contribution >= 4 is 11.4 Å². The molecule has 0 saturated carbocycles. The number of nitrogens with one attached hydrogen (secondary N) is 1. The second-order valence-corrected chi connectivity index (χ2v) is 5.15. The Hall–Kier alpha value is -2.13. The number of nitrogens with zero attached hydrogens (tertiary/aromatic N) is 3. The molecule has 1 N–H and O–H groups in total. The first-order chi connectivity index (χ1) is 9.19. The van der Waals surface area contributed by atoms with Gasteiger partial charge in [-0.25, -0.2) is 0 Å². The van der Waals surface area contributed by atoms with Crippen LogP contribution in [0.25, 0.3) is 0 Å². The molecule has 19 heavy (non-hydrogen) atoms. The molecule has 0 bridgehead atoms. The fraction of sp³-hybridized carbons (Fsp3) is 0.462. The lowest BCUT2D eigenvalue weighted by molar-refractivity contribution is -0.385. The van der Waals surface area contributed by atoms with Crippen molar-refractivity contribution in [3.05, 3.63) is 33.9 Å². The molecule has 2 saturated heterocycles. The van der Waals surface area contributed by atoms with Crippen molar-refractivity contribution in [1.82, 2.24) is 5.32 Å². The second kappa shape index (κ2) is 4.52. The van der Waals surface area contributed by atoms with E-state index in [1.165, 1.54) is 6.07 Å². The minimum Gasteiger partial charge on any atom is -0.371 e. The van der Waals surface area contributed by atoms with Crippen LogP contribution in [0.5, 0.6) is 0 Å². The Morgan fingerprint density at radius 2 is 2.05 bits per heavy atom. The van der Waals surface area contributed by atoms with Gasteiger partial charge in [-0.3, -0.25) is 10.1 Å². The number of nitro benzene ring substituents is 1. The third kappa shape index (κ3) is 2.02. The second-order valence-electron chi connectivity index (χ2n) is 5.15. The topological polar surface area (TPSA) is 82.2 Å². The van der Waals surface area contributed by atoms with E-state index in [0.717, 1.165) is 31.9 Å². The Bertz CT molecular complexity index is 554. The highest BCUT2D eigenvalue weighted by Gasteiger charge is 2.36. The van der Waals surface area contributed by atoms with Crippen LogP contribution in [0.3, 0.4) is 0 Å². The van der Waals surface area contributed by atoms with Crippen LogP contribution in [0.1, 0.15) is 5.56 Å². The van der Waals surface area contributed by atoms with Gasteiger partial charge in [-0.15, -0.1) is 0 Å². The van der Waals surface area contributed by atoms with Gasteiger partial charge in [-0.1, -0.05) is 0 Å². The minimum absolute atomic E-state index is 0.102. The molecule has 3 rings (SSSR count). The summed E-state index contributed by atoms with van der Waals surface area (Å²) in [5, 5.41) is 23.2. The molecule has 98 valence electrons. The maximum Gasteiger partial charge on any atom is 0.289 e. The number of nitro groups is 1. The van der Waals surface area contributed by atoms with Crippen molar-refractivity contribution in [3.63, 3.8) is 0 Å². The Balaban J connectivity index is 1.88. The first-order valence-electron chi connectivity index (χ1n) is 6.33. The lowest BCUT2D eigenvalue weighted by Crippen LogP contribution is -2.25. The Kier molecular flexibility index (Phi) is 2.84.